The molecule has 11 nitrogen and oxygen atoms in total. The van der Waals surface area contributed by atoms with Gasteiger partial charge in [-0.05, 0) is 103 Å². The van der Waals surface area contributed by atoms with Crippen molar-refractivity contribution in [1.29, 1.82) is 0 Å². The van der Waals surface area contributed by atoms with E-state index in [1.54, 1.807) is 18.2 Å². The van der Waals surface area contributed by atoms with Crippen LogP contribution < -0.4 is 14.4 Å². The number of esters is 1. The fraction of sp³-hybridized carbons (Fsp3) is 0.538. The van der Waals surface area contributed by atoms with Gasteiger partial charge in [0, 0.05) is 43.6 Å². The van der Waals surface area contributed by atoms with Crippen LogP contribution in [0, 0.1) is 12.8 Å². The molecule has 0 N–H and O–H groups in total. The Bertz CT molecular complexity index is 1660. The second kappa shape index (κ2) is 15.2. The summed E-state index contributed by atoms with van der Waals surface area (Å²) >= 11 is 0. The van der Waals surface area contributed by atoms with Gasteiger partial charge in [0.25, 0.3) is 0 Å². The Morgan fingerprint density at radius 2 is 1.76 bits per heavy atom. The predicted octanol–water partition coefficient (Wildman–Crippen LogP) is 6.91. The van der Waals surface area contributed by atoms with E-state index in [1.165, 1.54) is 0 Å². The quantitative estimate of drug-likeness (QED) is 0.220. The molecule has 2 aliphatic rings. The lowest BCUT2D eigenvalue weighted by molar-refractivity contribution is -0.166. The first-order valence-corrected chi connectivity index (χ1v) is 17.5. The van der Waals surface area contributed by atoms with Gasteiger partial charge in [0.15, 0.2) is 0 Å². The zero-order valence-corrected chi connectivity index (χ0v) is 31.0. The summed E-state index contributed by atoms with van der Waals surface area (Å²) in [6, 6.07) is 12.0. The molecule has 11 heteroatoms. The summed E-state index contributed by atoms with van der Waals surface area (Å²) in [6.45, 7) is 18.1. The van der Waals surface area contributed by atoms with E-state index in [-0.39, 0.29) is 24.1 Å². The van der Waals surface area contributed by atoms with Crippen molar-refractivity contribution < 1.29 is 33.3 Å². The number of hydrogen-bond donors (Lipinski definition) is 0. The van der Waals surface area contributed by atoms with Crippen molar-refractivity contribution in [3.63, 3.8) is 0 Å². The minimum absolute atomic E-state index is 0.230. The van der Waals surface area contributed by atoms with E-state index >= 15 is 0 Å². The molecule has 0 bridgehead atoms. The monoisotopic (exact) mass is 688 g/mol. The van der Waals surface area contributed by atoms with Crippen molar-refractivity contribution in [2.75, 3.05) is 38.3 Å². The molecular formula is C39H52N4O7. The van der Waals surface area contributed by atoms with Crippen LogP contribution in [-0.4, -0.2) is 77.6 Å². The number of anilines is 1. The minimum Gasteiger partial charge on any atom is -0.496 e. The molecule has 2 aromatic carbocycles. The molecule has 270 valence electrons. The Labute approximate surface area is 296 Å². The molecule has 0 saturated carbocycles. The third kappa shape index (κ3) is 9.04. The first-order chi connectivity index (χ1) is 23.7. The van der Waals surface area contributed by atoms with Crippen LogP contribution >= 0.6 is 0 Å². The van der Waals surface area contributed by atoms with Gasteiger partial charge in [-0.25, -0.2) is 14.8 Å². The maximum Gasteiger partial charge on any atom is 0.410 e. The van der Waals surface area contributed by atoms with Crippen molar-refractivity contribution in [3.05, 3.63) is 64.8 Å². The molecular weight excluding hydrogens is 636 g/mol. The van der Waals surface area contributed by atoms with E-state index in [0.717, 1.165) is 45.0 Å². The van der Waals surface area contributed by atoms with Gasteiger partial charge in [-0.15, -0.1) is 0 Å². The lowest BCUT2D eigenvalue weighted by atomic mass is 9.93. The number of ether oxygens (including phenoxy) is 5. The highest BCUT2D eigenvalue weighted by molar-refractivity contribution is 5.74. The van der Waals surface area contributed by atoms with Crippen molar-refractivity contribution in [2.45, 2.75) is 98.7 Å². The highest BCUT2D eigenvalue weighted by Gasteiger charge is 2.38. The molecule has 0 spiro atoms. The minimum atomic E-state index is -0.562. The zero-order chi connectivity index (χ0) is 36.2. The fourth-order valence-corrected chi connectivity index (χ4v) is 6.42. The summed E-state index contributed by atoms with van der Waals surface area (Å²) in [6.07, 6.45) is 2.38. The van der Waals surface area contributed by atoms with Crippen LogP contribution in [0.1, 0.15) is 77.1 Å². The van der Waals surface area contributed by atoms with Crippen molar-refractivity contribution in [3.8, 4) is 22.8 Å². The Kier molecular flexibility index (Phi) is 11.2. The molecule has 1 aromatic heterocycles. The molecule has 2 aliphatic heterocycles. The maximum atomic E-state index is 13.0. The fourth-order valence-electron chi connectivity index (χ4n) is 6.42. The average molecular weight is 689 g/mol. The normalized spacial score (nSPS) is 17.9. The molecule has 0 unspecified atom stereocenters. The van der Waals surface area contributed by atoms with Crippen LogP contribution in [0.2, 0.25) is 0 Å². The number of carbonyl (C=O) groups excluding carboxylic acids is 2. The number of methoxy groups -OCH3 is 1. The van der Waals surface area contributed by atoms with Gasteiger partial charge in [0.2, 0.25) is 5.95 Å². The Morgan fingerprint density at radius 3 is 2.46 bits per heavy atom. The Balaban J connectivity index is 1.33. The number of amides is 1. The van der Waals surface area contributed by atoms with Gasteiger partial charge < -0.3 is 33.5 Å². The Hall–Kier alpha value is -4.38. The van der Waals surface area contributed by atoms with Crippen LogP contribution in [0.3, 0.4) is 0 Å². The van der Waals surface area contributed by atoms with E-state index in [0.29, 0.717) is 58.2 Å². The number of rotatable bonds is 9. The lowest BCUT2D eigenvalue weighted by Gasteiger charge is -2.38. The SMILES string of the molecule is CCO[C@H]1CN(c2nccc(-c3cccc(C)c3OCc3cc4c(c(OC)c3)CN(C(=O)OC(C)(C)C)CC4)n2)CC[C@H]1C(=O)OC(C)(C)C. The number of aryl methyl sites for hydroxylation is 1. The van der Waals surface area contributed by atoms with Gasteiger partial charge in [-0.1, -0.05) is 18.2 Å². The number of fused-ring (bicyclic) bond motifs is 1. The average Bonchev–Trinajstić information content (AvgIpc) is 3.05. The number of benzene rings is 2. The third-order valence-electron chi connectivity index (χ3n) is 8.68. The number of carbonyl (C=O) groups is 2. The summed E-state index contributed by atoms with van der Waals surface area (Å²) in [4.78, 5) is 39.2. The molecule has 0 aliphatic carbocycles. The van der Waals surface area contributed by atoms with Gasteiger partial charge >= 0.3 is 12.1 Å². The van der Waals surface area contributed by atoms with Crippen LogP contribution in [0.15, 0.2) is 42.6 Å². The van der Waals surface area contributed by atoms with Gasteiger partial charge in [0.1, 0.15) is 29.3 Å². The molecule has 0 radical (unpaired) electrons. The second-order valence-corrected chi connectivity index (χ2v) is 14.9. The number of para-hydroxylation sites is 1. The molecule has 1 fully saturated rings. The van der Waals surface area contributed by atoms with Crippen molar-refractivity contribution in [2.24, 2.45) is 5.92 Å². The van der Waals surface area contributed by atoms with Crippen LogP contribution in [0.4, 0.5) is 10.7 Å². The Morgan fingerprint density at radius 1 is 1.00 bits per heavy atom. The van der Waals surface area contributed by atoms with Gasteiger partial charge in [0.05, 0.1) is 31.4 Å². The van der Waals surface area contributed by atoms with E-state index in [4.69, 9.17) is 28.7 Å². The highest BCUT2D eigenvalue weighted by atomic mass is 16.6. The smallest absolute Gasteiger partial charge is 0.410 e. The second-order valence-electron chi connectivity index (χ2n) is 14.9. The molecule has 50 heavy (non-hydrogen) atoms. The summed E-state index contributed by atoms with van der Waals surface area (Å²) < 4.78 is 29.7. The third-order valence-corrected chi connectivity index (χ3v) is 8.68. The van der Waals surface area contributed by atoms with E-state index in [1.807, 2.05) is 85.7 Å². The summed E-state index contributed by atoms with van der Waals surface area (Å²) in [5, 5.41) is 0. The predicted molar refractivity (Wildman–Crippen MR) is 191 cm³/mol. The largest absolute Gasteiger partial charge is 0.496 e. The zero-order valence-electron chi connectivity index (χ0n) is 31.0. The summed E-state index contributed by atoms with van der Waals surface area (Å²) in [7, 11) is 1.65. The summed E-state index contributed by atoms with van der Waals surface area (Å²) in [5.41, 5.74) is 4.55. The first-order valence-electron chi connectivity index (χ1n) is 17.5. The van der Waals surface area contributed by atoms with Gasteiger partial charge in [-0.2, -0.15) is 0 Å². The molecule has 3 aromatic rings. The molecule has 5 rings (SSSR count). The van der Waals surface area contributed by atoms with Crippen LogP contribution in [0.5, 0.6) is 11.5 Å². The van der Waals surface area contributed by atoms with Crippen molar-refractivity contribution in [1.82, 2.24) is 14.9 Å². The number of piperidine rings is 1. The molecule has 1 saturated heterocycles. The molecule has 1 amide bonds. The highest BCUT2D eigenvalue weighted by Crippen LogP contribution is 2.36. The molecule has 3 heterocycles. The van der Waals surface area contributed by atoms with Gasteiger partial charge in [-0.3, -0.25) is 4.79 Å². The maximum absolute atomic E-state index is 13.0. The van der Waals surface area contributed by atoms with Crippen molar-refractivity contribution >= 4 is 18.0 Å². The van der Waals surface area contributed by atoms with E-state index < -0.39 is 11.2 Å². The molecule has 2 atom stereocenters. The standard InChI is InChI=1S/C39H52N4O7/c1-10-47-33-23-42(19-16-29(33)35(44)49-38(3,4)5)36-40-17-14-31(41-36)28-13-11-12-25(2)34(28)48-24-26-20-27-15-18-43(37(45)50-39(6,7)8)22-30(27)32(21-26)46-9/h11-14,17,20-21,29,33H,10,15-16,18-19,22-24H2,1-9H3/t29-,33+/m1/s1. The van der Waals surface area contributed by atoms with E-state index in [9.17, 15) is 9.59 Å². The first kappa shape index (κ1) is 36.9. The number of hydrogen-bond acceptors (Lipinski definition) is 10. The topological polar surface area (TPSA) is 113 Å². The van der Waals surface area contributed by atoms with Crippen LogP contribution in [-0.2, 0) is 38.6 Å². The van der Waals surface area contributed by atoms with E-state index in [2.05, 4.69) is 16.0 Å². The van der Waals surface area contributed by atoms with Crippen LogP contribution in [0.25, 0.3) is 11.3 Å². The number of aromatic nitrogens is 2. The number of nitrogens with zero attached hydrogens (tertiary/aromatic N) is 4. The lowest BCUT2D eigenvalue weighted by Crippen LogP contribution is -2.49. The summed E-state index contributed by atoms with van der Waals surface area (Å²) in [5.74, 6) is 1.45.